The molecular weight excluding hydrogens is 476 g/mol. The van der Waals surface area contributed by atoms with Gasteiger partial charge >= 0.3 is 0 Å². The Morgan fingerprint density at radius 2 is 2.05 bits per heavy atom. The maximum atomic E-state index is 11.9. The molecule has 0 saturated carbocycles. The van der Waals surface area contributed by atoms with Gasteiger partial charge < -0.3 is 5.11 Å². The maximum Gasteiger partial charge on any atom is 0.275 e. The number of rotatable bonds is 3. The number of phenols is 1. The van der Waals surface area contributed by atoms with Crippen molar-refractivity contribution in [2.45, 2.75) is 0 Å². The summed E-state index contributed by atoms with van der Waals surface area (Å²) in [4.78, 5) is 12.8. The van der Waals surface area contributed by atoms with E-state index in [1.54, 1.807) is 6.07 Å². The van der Waals surface area contributed by atoms with Crippen molar-refractivity contribution in [3.63, 3.8) is 0 Å². The number of benzene rings is 1. The van der Waals surface area contributed by atoms with Crippen LogP contribution in [0.25, 0.3) is 0 Å². The first-order valence-corrected chi connectivity index (χ1v) is 8.43. The highest BCUT2D eigenvalue weighted by Gasteiger charge is 2.14. The molecule has 1 amide bonds. The van der Waals surface area contributed by atoms with E-state index in [1.165, 1.54) is 23.6 Å². The number of hydrazone groups is 1. The third-order valence-corrected chi connectivity index (χ3v) is 4.85. The molecule has 1 heterocycles. The number of nitrogens with zero attached hydrogens (tertiary/aromatic N) is 1. The summed E-state index contributed by atoms with van der Waals surface area (Å²) in [6.07, 6.45) is 1.54. The van der Waals surface area contributed by atoms with E-state index in [9.17, 15) is 9.90 Å². The quantitative estimate of drug-likeness (QED) is 0.499. The molecule has 0 radical (unpaired) electrons. The SMILES string of the molecule is O=C(N/N=C\c1ccc(Br)s1)c1cc(Br)cc(Br)c1O. The normalized spacial score (nSPS) is 10.9. The highest BCUT2D eigenvalue weighted by molar-refractivity contribution is 9.11. The molecule has 20 heavy (non-hydrogen) atoms. The molecule has 0 unspecified atom stereocenters. The van der Waals surface area contributed by atoms with Crippen LogP contribution in [0.2, 0.25) is 0 Å². The smallest absolute Gasteiger partial charge is 0.275 e. The highest BCUT2D eigenvalue weighted by Crippen LogP contribution is 2.31. The van der Waals surface area contributed by atoms with Gasteiger partial charge in [-0.2, -0.15) is 5.10 Å². The molecule has 1 aromatic heterocycles. The van der Waals surface area contributed by atoms with E-state index < -0.39 is 5.91 Å². The summed E-state index contributed by atoms with van der Waals surface area (Å²) in [7, 11) is 0. The Hall–Kier alpha value is -0.700. The van der Waals surface area contributed by atoms with Crippen molar-refractivity contribution in [1.29, 1.82) is 0 Å². The van der Waals surface area contributed by atoms with Gasteiger partial charge in [0.05, 0.1) is 20.0 Å². The van der Waals surface area contributed by atoms with Crippen LogP contribution in [0.1, 0.15) is 15.2 Å². The Balaban J connectivity index is 2.11. The number of carbonyl (C=O) groups excluding carboxylic acids is 1. The number of phenolic OH excluding ortho intramolecular Hbond substituents is 1. The average Bonchev–Trinajstić information content (AvgIpc) is 2.79. The number of hydrogen-bond acceptors (Lipinski definition) is 4. The van der Waals surface area contributed by atoms with E-state index >= 15 is 0 Å². The van der Waals surface area contributed by atoms with Crippen LogP contribution in [0, 0.1) is 0 Å². The van der Waals surface area contributed by atoms with Crippen LogP contribution in [-0.4, -0.2) is 17.2 Å². The van der Waals surface area contributed by atoms with Gasteiger partial charge in [-0.15, -0.1) is 11.3 Å². The lowest BCUT2D eigenvalue weighted by atomic mass is 10.2. The van der Waals surface area contributed by atoms with Crippen LogP contribution in [0.3, 0.4) is 0 Å². The number of aromatic hydroxyl groups is 1. The number of thiophene rings is 1. The Labute approximate surface area is 144 Å². The van der Waals surface area contributed by atoms with Crippen molar-refractivity contribution in [1.82, 2.24) is 5.43 Å². The summed E-state index contributed by atoms with van der Waals surface area (Å²) in [6.45, 7) is 0. The molecule has 0 saturated heterocycles. The fourth-order valence-electron chi connectivity index (χ4n) is 1.35. The molecule has 0 aliphatic heterocycles. The molecule has 0 spiro atoms. The van der Waals surface area contributed by atoms with Gasteiger partial charge in [-0.1, -0.05) is 15.9 Å². The lowest BCUT2D eigenvalue weighted by molar-refractivity contribution is 0.0952. The first-order chi connectivity index (χ1) is 9.47. The molecule has 2 rings (SSSR count). The molecule has 0 aliphatic rings. The van der Waals surface area contributed by atoms with E-state index in [0.717, 1.165) is 8.66 Å². The zero-order valence-corrected chi connectivity index (χ0v) is 15.3. The third-order valence-electron chi connectivity index (χ3n) is 2.22. The van der Waals surface area contributed by atoms with Crippen LogP contribution in [-0.2, 0) is 0 Å². The van der Waals surface area contributed by atoms with Crippen molar-refractivity contribution in [2.24, 2.45) is 5.10 Å². The molecular formula is C12H7Br3N2O2S. The predicted octanol–water partition coefficient (Wildman–Crippen LogP) is 4.51. The van der Waals surface area contributed by atoms with Crippen LogP contribution in [0.5, 0.6) is 5.75 Å². The van der Waals surface area contributed by atoms with Gasteiger partial charge in [0.1, 0.15) is 5.75 Å². The van der Waals surface area contributed by atoms with E-state index in [2.05, 4.69) is 58.3 Å². The van der Waals surface area contributed by atoms with E-state index in [1.807, 2.05) is 12.1 Å². The van der Waals surface area contributed by atoms with Crippen LogP contribution < -0.4 is 5.43 Å². The average molecular weight is 483 g/mol. The van der Waals surface area contributed by atoms with Crippen molar-refractivity contribution >= 4 is 71.2 Å². The van der Waals surface area contributed by atoms with Crippen molar-refractivity contribution < 1.29 is 9.90 Å². The Kier molecular flexibility index (Phi) is 5.36. The fourth-order valence-corrected chi connectivity index (χ4v) is 3.87. The molecule has 2 aromatic rings. The summed E-state index contributed by atoms with van der Waals surface area (Å²) >= 11 is 11.3. The number of carbonyl (C=O) groups is 1. The molecule has 0 bridgehead atoms. The second-order valence-corrected chi connectivity index (χ2v) is 7.89. The van der Waals surface area contributed by atoms with Crippen LogP contribution in [0.15, 0.2) is 42.1 Å². The molecule has 2 N–H and O–H groups in total. The van der Waals surface area contributed by atoms with Crippen LogP contribution >= 0.6 is 59.1 Å². The van der Waals surface area contributed by atoms with Gasteiger partial charge in [-0.3, -0.25) is 4.79 Å². The number of amides is 1. The van der Waals surface area contributed by atoms with E-state index in [-0.39, 0.29) is 11.3 Å². The second kappa shape index (κ2) is 6.84. The van der Waals surface area contributed by atoms with Gasteiger partial charge in [0, 0.05) is 9.35 Å². The summed E-state index contributed by atoms with van der Waals surface area (Å²) < 4.78 is 2.10. The van der Waals surface area contributed by atoms with Gasteiger partial charge in [0.25, 0.3) is 5.91 Å². The summed E-state index contributed by atoms with van der Waals surface area (Å²) in [5, 5.41) is 13.7. The third kappa shape index (κ3) is 3.91. The Morgan fingerprint density at radius 1 is 1.30 bits per heavy atom. The largest absolute Gasteiger partial charge is 0.506 e. The minimum atomic E-state index is -0.489. The molecule has 1 aromatic carbocycles. The van der Waals surface area contributed by atoms with Gasteiger partial charge in [-0.25, -0.2) is 5.43 Å². The zero-order valence-electron chi connectivity index (χ0n) is 9.73. The molecule has 4 nitrogen and oxygen atoms in total. The first-order valence-electron chi connectivity index (χ1n) is 5.24. The van der Waals surface area contributed by atoms with Crippen molar-refractivity contribution in [3.05, 3.63) is 47.4 Å². The van der Waals surface area contributed by atoms with Crippen molar-refractivity contribution in [2.75, 3.05) is 0 Å². The maximum absolute atomic E-state index is 11.9. The molecule has 104 valence electrons. The van der Waals surface area contributed by atoms with E-state index in [4.69, 9.17) is 0 Å². The predicted molar refractivity (Wildman–Crippen MR) is 90.6 cm³/mol. The summed E-state index contributed by atoms with van der Waals surface area (Å²) in [5.41, 5.74) is 2.51. The second-order valence-electron chi connectivity index (χ2n) is 3.62. The Bertz CT molecular complexity index is 685. The Morgan fingerprint density at radius 3 is 2.70 bits per heavy atom. The first kappa shape index (κ1) is 15.7. The highest BCUT2D eigenvalue weighted by atomic mass is 79.9. The fraction of sp³-hybridized carbons (Fsp3) is 0. The topological polar surface area (TPSA) is 61.7 Å². The summed E-state index contributed by atoms with van der Waals surface area (Å²) in [6, 6.07) is 6.94. The van der Waals surface area contributed by atoms with Gasteiger partial charge in [-0.05, 0) is 56.1 Å². The molecule has 0 atom stereocenters. The van der Waals surface area contributed by atoms with Gasteiger partial charge in [0.2, 0.25) is 0 Å². The molecule has 0 aliphatic carbocycles. The number of hydrogen-bond donors (Lipinski definition) is 2. The molecule has 0 fully saturated rings. The van der Waals surface area contributed by atoms with E-state index in [0.29, 0.717) is 8.95 Å². The van der Waals surface area contributed by atoms with Crippen LogP contribution in [0.4, 0.5) is 0 Å². The number of halogens is 3. The standard InChI is InChI=1S/C12H7Br3N2O2S/c13-6-3-8(11(18)9(14)4-6)12(19)17-16-5-7-1-2-10(15)20-7/h1-5,18H,(H,17,19)/b16-5-. The number of nitrogens with one attached hydrogen (secondary N) is 1. The lowest BCUT2D eigenvalue weighted by Gasteiger charge is -2.05. The zero-order chi connectivity index (χ0) is 14.7. The minimum Gasteiger partial charge on any atom is -0.506 e. The van der Waals surface area contributed by atoms with Gasteiger partial charge in [0.15, 0.2) is 0 Å². The minimum absolute atomic E-state index is 0.125. The summed E-state index contributed by atoms with van der Waals surface area (Å²) in [5.74, 6) is -0.615. The lowest BCUT2D eigenvalue weighted by Crippen LogP contribution is -2.17. The monoisotopic (exact) mass is 480 g/mol. The van der Waals surface area contributed by atoms with Crippen molar-refractivity contribution in [3.8, 4) is 5.75 Å². The molecule has 8 heteroatoms.